The molecule has 0 radical (unpaired) electrons. The molecule has 0 amide bonds. The minimum absolute atomic E-state index is 0.513. The zero-order valence-electron chi connectivity index (χ0n) is 7.52. The van der Waals surface area contributed by atoms with Crippen LogP contribution in [0.4, 0.5) is 13.2 Å². The first-order chi connectivity index (χ1) is 6.38. The van der Waals surface area contributed by atoms with Gasteiger partial charge in [0.15, 0.2) is 0 Å². The van der Waals surface area contributed by atoms with Crippen molar-refractivity contribution in [1.82, 2.24) is 0 Å². The average Bonchev–Trinajstić information content (AvgIpc) is 2.01. The molecule has 0 heterocycles. The van der Waals surface area contributed by atoms with Gasteiger partial charge in [0.05, 0.1) is 12.1 Å². The van der Waals surface area contributed by atoms with Crippen molar-refractivity contribution in [3.05, 3.63) is 35.1 Å². The number of nitrogens with two attached hydrogens (primary N) is 1. The van der Waals surface area contributed by atoms with Crippen LogP contribution in [-0.2, 0) is 5.54 Å². The Balaban J connectivity index is 3.35. The van der Waals surface area contributed by atoms with E-state index < -0.39 is 35.2 Å². The lowest BCUT2D eigenvalue weighted by Gasteiger charge is -2.23. The third-order valence-corrected chi connectivity index (χ3v) is 1.91. The minimum atomic E-state index is -1.55. The van der Waals surface area contributed by atoms with Crippen LogP contribution < -0.4 is 5.73 Å². The fourth-order valence-electron chi connectivity index (χ4n) is 1.17. The molecule has 3 N–H and O–H groups in total. The van der Waals surface area contributed by atoms with Crippen LogP contribution >= 0.6 is 0 Å². The van der Waals surface area contributed by atoms with Gasteiger partial charge < -0.3 is 10.8 Å². The summed E-state index contributed by atoms with van der Waals surface area (Å²) in [5, 5.41) is 8.81. The van der Waals surface area contributed by atoms with Crippen LogP contribution in [0.25, 0.3) is 0 Å². The first-order valence-corrected chi connectivity index (χ1v) is 3.93. The molecule has 0 aliphatic heterocycles. The number of hydrogen-bond donors (Lipinski definition) is 2. The van der Waals surface area contributed by atoms with Gasteiger partial charge in [-0.25, -0.2) is 13.2 Å². The van der Waals surface area contributed by atoms with Crippen LogP contribution in [0.1, 0.15) is 12.5 Å². The van der Waals surface area contributed by atoms with Gasteiger partial charge in [0.25, 0.3) is 0 Å². The summed E-state index contributed by atoms with van der Waals surface area (Å²) in [6, 6.07) is 1.05. The predicted molar refractivity (Wildman–Crippen MR) is 44.9 cm³/mol. The number of aliphatic hydroxyl groups is 1. The molecule has 0 saturated heterocycles. The van der Waals surface area contributed by atoms with Crippen LogP contribution in [0, 0.1) is 17.5 Å². The van der Waals surface area contributed by atoms with Crippen LogP contribution in [-0.4, -0.2) is 11.7 Å². The summed E-state index contributed by atoms with van der Waals surface area (Å²) in [6.07, 6.45) is 0. The Labute approximate surface area is 79.2 Å². The molecule has 0 fully saturated rings. The maximum absolute atomic E-state index is 13.1. The van der Waals surface area contributed by atoms with E-state index >= 15 is 0 Å². The zero-order chi connectivity index (χ0) is 10.9. The number of rotatable bonds is 2. The summed E-state index contributed by atoms with van der Waals surface area (Å²) >= 11 is 0. The second-order valence-corrected chi connectivity index (χ2v) is 3.32. The number of halogens is 3. The first kappa shape index (κ1) is 11.0. The monoisotopic (exact) mass is 205 g/mol. The molecule has 78 valence electrons. The fraction of sp³-hybridized carbons (Fsp3) is 0.333. The molecule has 1 atom stereocenters. The van der Waals surface area contributed by atoms with Crippen molar-refractivity contribution in [1.29, 1.82) is 0 Å². The summed E-state index contributed by atoms with van der Waals surface area (Å²) in [5.41, 5.74) is 3.37. The molecule has 0 aliphatic carbocycles. The van der Waals surface area contributed by atoms with Crippen molar-refractivity contribution in [2.75, 3.05) is 6.61 Å². The molecule has 2 nitrogen and oxygen atoms in total. The SMILES string of the molecule is C[C@](N)(CO)c1c(F)cc(F)cc1F. The van der Waals surface area contributed by atoms with Crippen LogP contribution in [0.3, 0.4) is 0 Å². The highest BCUT2D eigenvalue weighted by Gasteiger charge is 2.28. The van der Waals surface area contributed by atoms with Gasteiger partial charge in [0.1, 0.15) is 17.5 Å². The predicted octanol–water partition coefficient (Wildman–Crippen LogP) is 1.27. The van der Waals surface area contributed by atoms with Gasteiger partial charge in [-0.15, -0.1) is 0 Å². The van der Waals surface area contributed by atoms with E-state index in [-0.39, 0.29) is 0 Å². The fourth-order valence-corrected chi connectivity index (χ4v) is 1.17. The Kier molecular flexibility index (Phi) is 2.82. The van der Waals surface area contributed by atoms with Gasteiger partial charge in [0.2, 0.25) is 0 Å². The standard InChI is InChI=1S/C9H10F3NO/c1-9(13,4-14)8-6(11)2-5(10)3-7(8)12/h2-3,14H,4,13H2,1H3/t9-/m0/s1. The summed E-state index contributed by atoms with van der Waals surface area (Å²) in [7, 11) is 0. The normalized spacial score (nSPS) is 15.3. The van der Waals surface area contributed by atoms with Crippen LogP contribution in [0.2, 0.25) is 0 Å². The number of benzene rings is 1. The molecular weight excluding hydrogens is 195 g/mol. The maximum atomic E-state index is 13.1. The maximum Gasteiger partial charge on any atom is 0.134 e. The van der Waals surface area contributed by atoms with Crippen molar-refractivity contribution >= 4 is 0 Å². The largest absolute Gasteiger partial charge is 0.394 e. The zero-order valence-corrected chi connectivity index (χ0v) is 7.52. The van der Waals surface area contributed by atoms with Crippen molar-refractivity contribution in [3.63, 3.8) is 0 Å². The molecule has 1 aromatic rings. The summed E-state index contributed by atoms with van der Waals surface area (Å²) < 4.78 is 38.8. The molecule has 14 heavy (non-hydrogen) atoms. The van der Waals surface area contributed by atoms with Gasteiger partial charge in [0, 0.05) is 17.7 Å². The molecule has 0 spiro atoms. The molecule has 0 saturated carbocycles. The highest BCUT2D eigenvalue weighted by atomic mass is 19.1. The number of hydrogen-bond acceptors (Lipinski definition) is 2. The van der Waals surface area contributed by atoms with Crippen molar-refractivity contribution < 1.29 is 18.3 Å². The second-order valence-electron chi connectivity index (χ2n) is 3.32. The lowest BCUT2D eigenvalue weighted by atomic mass is 9.93. The minimum Gasteiger partial charge on any atom is -0.394 e. The van der Waals surface area contributed by atoms with Crippen molar-refractivity contribution in [3.8, 4) is 0 Å². The first-order valence-electron chi connectivity index (χ1n) is 3.93. The van der Waals surface area contributed by atoms with Crippen LogP contribution in [0.15, 0.2) is 12.1 Å². The van der Waals surface area contributed by atoms with Gasteiger partial charge >= 0.3 is 0 Å². The Morgan fingerprint density at radius 3 is 2.07 bits per heavy atom. The molecule has 0 aromatic heterocycles. The lowest BCUT2D eigenvalue weighted by Crippen LogP contribution is -2.39. The third-order valence-electron chi connectivity index (χ3n) is 1.91. The summed E-state index contributed by atoms with van der Waals surface area (Å²) in [4.78, 5) is 0. The Morgan fingerprint density at radius 2 is 1.71 bits per heavy atom. The van der Waals surface area contributed by atoms with Gasteiger partial charge in [-0.3, -0.25) is 0 Å². The van der Waals surface area contributed by atoms with E-state index in [1.807, 2.05) is 0 Å². The summed E-state index contributed by atoms with van der Waals surface area (Å²) in [6.45, 7) is 0.624. The highest BCUT2D eigenvalue weighted by Crippen LogP contribution is 2.24. The second kappa shape index (κ2) is 3.59. The van der Waals surface area contributed by atoms with Gasteiger partial charge in [-0.1, -0.05) is 0 Å². The molecular formula is C9H10F3NO. The smallest absolute Gasteiger partial charge is 0.134 e. The van der Waals surface area contributed by atoms with Gasteiger partial charge in [-0.2, -0.15) is 0 Å². The van der Waals surface area contributed by atoms with Gasteiger partial charge in [-0.05, 0) is 6.92 Å². The van der Waals surface area contributed by atoms with Crippen molar-refractivity contribution in [2.24, 2.45) is 5.73 Å². The lowest BCUT2D eigenvalue weighted by molar-refractivity contribution is 0.202. The Bertz CT molecular complexity index is 329. The average molecular weight is 205 g/mol. The molecule has 0 aliphatic rings. The molecule has 1 aromatic carbocycles. The van der Waals surface area contributed by atoms with Crippen molar-refractivity contribution in [2.45, 2.75) is 12.5 Å². The van der Waals surface area contributed by atoms with E-state index in [0.29, 0.717) is 12.1 Å². The molecule has 0 unspecified atom stereocenters. The van der Waals surface area contributed by atoms with E-state index in [1.165, 1.54) is 6.92 Å². The molecule has 1 rings (SSSR count). The van der Waals surface area contributed by atoms with E-state index in [1.54, 1.807) is 0 Å². The quantitative estimate of drug-likeness (QED) is 0.763. The van der Waals surface area contributed by atoms with Crippen LogP contribution in [0.5, 0.6) is 0 Å². The summed E-state index contributed by atoms with van der Waals surface area (Å²) in [5.74, 6) is -3.21. The molecule has 5 heteroatoms. The number of aliphatic hydroxyl groups excluding tert-OH is 1. The van der Waals surface area contributed by atoms with E-state index in [9.17, 15) is 13.2 Å². The topological polar surface area (TPSA) is 46.2 Å². The van der Waals surface area contributed by atoms with E-state index in [4.69, 9.17) is 10.8 Å². The third kappa shape index (κ3) is 1.88. The Hall–Kier alpha value is -1.07. The molecule has 0 bridgehead atoms. The van der Waals surface area contributed by atoms with E-state index in [2.05, 4.69) is 0 Å². The van der Waals surface area contributed by atoms with E-state index in [0.717, 1.165) is 0 Å². The highest BCUT2D eigenvalue weighted by molar-refractivity contribution is 5.27. The Morgan fingerprint density at radius 1 is 1.29 bits per heavy atom.